The fourth-order valence-electron chi connectivity index (χ4n) is 1.99. The first-order valence-electron chi connectivity index (χ1n) is 6.21. The van der Waals surface area contributed by atoms with E-state index < -0.39 is 0 Å². The van der Waals surface area contributed by atoms with E-state index in [2.05, 4.69) is 10.4 Å². The lowest BCUT2D eigenvalue weighted by Gasteiger charge is -2.22. The van der Waals surface area contributed by atoms with Gasteiger partial charge in [0, 0.05) is 26.5 Å². The fourth-order valence-corrected chi connectivity index (χ4v) is 1.99. The molecule has 1 N–H and O–H groups in total. The van der Waals surface area contributed by atoms with Gasteiger partial charge in [0.05, 0.1) is 31.6 Å². The van der Waals surface area contributed by atoms with Crippen molar-refractivity contribution >= 4 is 5.69 Å². The zero-order valence-corrected chi connectivity index (χ0v) is 10.4. The summed E-state index contributed by atoms with van der Waals surface area (Å²) < 4.78 is 12.4. The first-order valence-corrected chi connectivity index (χ1v) is 6.21. The summed E-state index contributed by atoms with van der Waals surface area (Å²) in [5.74, 6) is 0.631. The molecule has 0 aromatic carbocycles. The lowest BCUT2D eigenvalue weighted by molar-refractivity contribution is 0.0595. The molecule has 1 aliphatic heterocycles. The highest BCUT2D eigenvalue weighted by Crippen LogP contribution is 2.14. The van der Waals surface area contributed by atoms with Crippen molar-refractivity contribution in [2.75, 3.05) is 38.8 Å². The van der Waals surface area contributed by atoms with Gasteiger partial charge in [-0.25, -0.2) is 0 Å². The Hall–Kier alpha value is -1.07. The molecule has 0 aliphatic carbocycles. The SMILES string of the molecule is COCCn1cc(NCC2CCCOC2)cn1. The number of hydrogen-bond acceptors (Lipinski definition) is 4. The van der Waals surface area contributed by atoms with Crippen LogP contribution in [-0.2, 0) is 16.0 Å². The van der Waals surface area contributed by atoms with Gasteiger partial charge in [0.15, 0.2) is 0 Å². The molecule has 5 nitrogen and oxygen atoms in total. The van der Waals surface area contributed by atoms with Gasteiger partial charge in [-0.3, -0.25) is 4.68 Å². The summed E-state index contributed by atoms with van der Waals surface area (Å²) in [7, 11) is 1.70. The van der Waals surface area contributed by atoms with E-state index in [4.69, 9.17) is 9.47 Å². The Morgan fingerprint density at radius 1 is 1.65 bits per heavy atom. The maximum Gasteiger partial charge on any atom is 0.0726 e. The molecular formula is C12H21N3O2. The minimum absolute atomic E-state index is 0.631. The van der Waals surface area contributed by atoms with Crippen LogP contribution in [0.2, 0.25) is 0 Å². The second-order valence-corrected chi connectivity index (χ2v) is 4.45. The smallest absolute Gasteiger partial charge is 0.0726 e. The van der Waals surface area contributed by atoms with Crippen molar-refractivity contribution in [1.29, 1.82) is 0 Å². The van der Waals surface area contributed by atoms with Crippen LogP contribution in [0.25, 0.3) is 0 Å². The quantitative estimate of drug-likeness (QED) is 0.814. The third-order valence-corrected chi connectivity index (χ3v) is 3.01. The number of rotatable bonds is 6. The first kappa shape index (κ1) is 12.4. The second kappa shape index (κ2) is 6.61. The number of methoxy groups -OCH3 is 1. The van der Waals surface area contributed by atoms with Crippen molar-refractivity contribution in [2.24, 2.45) is 5.92 Å². The molecule has 0 amide bonds. The van der Waals surface area contributed by atoms with Crippen LogP contribution >= 0.6 is 0 Å². The molecule has 0 bridgehead atoms. The molecule has 0 saturated carbocycles. The Morgan fingerprint density at radius 2 is 2.59 bits per heavy atom. The molecule has 1 aliphatic rings. The van der Waals surface area contributed by atoms with Crippen LogP contribution in [0, 0.1) is 5.92 Å². The Balaban J connectivity index is 1.72. The summed E-state index contributed by atoms with van der Waals surface area (Å²) >= 11 is 0. The topological polar surface area (TPSA) is 48.3 Å². The second-order valence-electron chi connectivity index (χ2n) is 4.45. The number of aromatic nitrogens is 2. The maximum absolute atomic E-state index is 5.45. The average Bonchev–Trinajstić information content (AvgIpc) is 2.83. The third kappa shape index (κ3) is 4.02. The van der Waals surface area contributed by atoms with Gasteiger partial charge in [0.1, 0.15) is 0 Å². The molecule has 0 radical (unpaired) electrons. The molecule has 1 unspecified atom stereocenters. The molecule has 2 heterocycles. The van der Waals surface area contributed by atoms with E-state index in [9.17, 15) is 0 Å². The van der Waals surface area contributed by atoms with Crippen LogP contribution in [-0.4, -0.2) is 43.3 Å². The molecule has 1 aromatic heterocycles. The van der Waals surface area contributed by atoms with Crippen LogP contribution in [0.5, 0.6) is 0 Å². The largest absolute Gasteiger partial charge is 0.383 e. The van der Waals surface area contributed by atoms with Crippen molar-refractivity contribution in [1.82, 2.24) is 9.78 Å². The molecule has 1 fully saturated rings. The minimum Gasteiger partial charge on any atom is -0.383 e. The summed E-state index contributed by atoms with van der Waals surface area (Å²) in [6, 6.07) is 0. The number of nitrogens with one attached hydrogen (secondary N) is 1. The van der Waals surface area contributed by atoms with Crippen LogP contribution in [0.3, 0.4) is 0 Å². The van der Waals surface area contributed by atoms with Crippen molar-refractivity contribution in [3.63, 3.8) is 0 Å². The van der Waals surface area contributed by atoms with E-state index in [1.54, 1.807) is 7.11 Å². The van der Waals surface area contributed by atoms with E-state index in [1.807, 2.05) is 17.1 Å². The number of hydrogen-bond donors (Lipinski definition) is 1. The van der Waals surface area contributed by atoms with Gasteiger partial charge in [0.25, 0.3) is 0 Å². The molecule has 17 heavy (non-hydrogen) atoms. The molecule has 96 valence electrons. The highest BCUT2D eigenvalue weighted by Gasteiger charge is 2.13. The van der Waals surface area contributed by atoms with Crippen molar-refractivity contribution in [2.45, 2.75) is 19.4 Å². The Morgan fingerprint density at radius 3 is 3.35 bits per heavy atom. The van der Waals surface area contributed by atoms with Gasteiger partial charge >= 0.3 is 0 Å². The summed E-state index contributed by atoms with van der Waals surface area (Å²) in [5, 5.41) is 7.67. The van der Waals surface area contributed by atoms with Crippen LogP contribution in [0.1, 0.15) is 12.8 Å². The summed E-state index contributed by atoms with van der Waals surface area (Å²) in [4.78, 5) is 0. The van der Waals surface area contributed by atoms with Gasteiger partial charge in [0.2, 0.25) is 0 Å². The summed E-state index contributed by atoms with van der Waals surface area (Å²) in [6.45, 7) is 4.26. The monoisotopic (exact) mass is 239 g/mol. The normalized spacial score (nSPS) is 20.4. The van der Waals surface area contributed by atoms with Crippen molar-refractivity contribution in [3.05, 3.63) is 12.4 Å². The molecule has 1 saturated heterocycles. The highest BCUT2D eigenvalue weighted by molar-refractivity contribution is 5.38. The van der Waals surface area contributed by atoms with Crippen LogP contribution < -0.4 is 5.32 Å². The Labute approximate surface area is 102 Å². The molecule has 1 aromatic rings. The van der Waals surface area contributed by atoms with E-state index in [-0.39, 0.29) is 0 Å². The molecule has 5 heteroatoms. The lowest BCUT2D eigenvalue weighted by Crippen LogP contribution is -2.24. The van der Waals surface area contributed by atoms with Gasteiger partial charge in [-0.2, -0.15) is 5.10 Å². The number of anilines is 1. The van der Waals surface area contributed by atoms with E-state index >= 15 is 0 Å². The van der Waals surface area contributed by atoms with Crippen molar-refractivity contribution < 1.29 is 9.47 Å². The van der Waals surface area contributed by atoms with Gasteiger partial charge < -0.3 is 14.8 Å². The molecular weight excluding hydrogens is 218 g/mol. The van der Waals surface area contributed by atoms with Gasteiger partial charge in [-0.1, -0.05) is 0 Å². The predicted octanol–water partition coefficient (Wildman–Crippen LogP) is 1.37. The van der Waals surface area contributed by atoms with Crippen LogP contribution in [0.15, 0.2) is 12.4 Å². The zero-order valence-electron chi connectivity index (χ0n) is 10.4. The minimum atomic E-state index is 0.631. The van der Waals surface area contributed by atoms with E-state index in [1.165, 1.54) is 12.8 Å². The van der Waals surface area contributed by atoms with Crippen LogP contribution in [0.4, 0.5) is 5.69 Å². The Kier molecular flexibility index (Phi) is 4.82. The predicted molar refractivity (Wildman–Crippen MR) is 66.1 cm³/mol. The Bertz CT molecular complexity index is 321. The van der Waals surface area contributed by atoms with Crippen molar-refractivity contribution in [3.8, 4) is 0 Å². The summed E-state index contributed by atoms with van der Waals surface area (Å²) in [5.41, 5.74) is 1.08. The van der Waals surface area contributed by atoms with E-state index in [0.717, 1.165) is 32.0 Å². The number of nitrogens with zero attached hydrogens (tertiary/aromatic N) is 2. The fraction of sp³-hybridized carbons (Fsp3) is 0.750. The third-order valence-electron chi connectivity index (χ3n) is 3.01. The molecule has 1 atom stereocenters. The van der Waals surface area contributed by atoms with E-state index in [0.29, 0.717) is 12.5 Å². The maximum atomic E-state index is 5.45. The number of ether oxygens (including phenoxy) is 2. The van der Waals surface area contributed by atoms with Gasteiger partial charge in [-0.05, 0) is 18.8 Å². The van der Waals surface area contributed by atoms with Gasteiger partial charge in [-0.15, -0.1) is 0 Å². The highest BCUT2D eigenvalue weighted by atomic mass is 16.5. The molecule has 0 spiro atoms. The average molecular weight is 239 g/mol. The lowest BCUT2D eigenvalue weighted by atomic mass is 10.0. The zero-order chi connectivity index (χ0) is 11.9. The standard InChI is InChI=1S/C12H21N3O2/c1-16-6-4-15-9-12(8-14-15)13-7-11-3-2-5-17-10-11/h8-9,11,13H,2-7,10H2,1H3. The summed E-state index contributed by atoms with van der Waals surface area (Å²) in [6.07, 6.45) is 6.31. The molecule has 2 rings (SSSR count). The first-order chi connectivity index (χ1) is 8.38.